The Labute approximate surface area is 100 Å². The molecular formula is C13H15N3O. The van der Waals surface area contributed by atoms with Crippen LogP contribution in [0.4, 0.5) is 0 Å². The van der Waals surface area contributed by atoms with Crippen molar-refractivity contribution in [3.63, 3.8) is 0 Å². The lowest BCUT2D eigenvalue weighted by atomic mass is 10.1. The molecule has 0 aliphatic rings. The number of aryl methyl sites for hydroxylation is 1. The van der Waals surface area contributed by atoms with Gasteiger partial charge in [0.25, 0.3) is 5.91 Å². The highest BCUT2D eigenvalue weighted by atomic mass is 16.1. The summed E-state index contributed by atoms with van der Waals surface area (Å²) in [5.41, 5.74) is 1.79. The van der Waals surface area contributed by atoms with Crippen LogP contribution in [0.25, 0.3) is 0 Å². The maximum Gasteiger partial charge on any atom is 0.251 e. The number of imidazole rings is 1. The van der Waals surface area contributed by atoms with Crippen LogP contribution in [-0.2, 0) is 6.42 Å². The number of carbonyl (C=O) groups excluding carboxylic acids is 1. The second kappa shape index (κ2) is 5.30. The summed E-state index contributed by atoms with van der Waals surface area (Å²) in [4.78, 5) is 18.9. The smallest absolute Gasteiger partial charge is 0.251 e. The van der Waals surface area contributed by atoms with Crippen LogP contribution in [0.15, 0.2) is 36.7 Å². The fourth-order valence-electron chi connectivity index (χ4n) is 1.62. The van der Waals surface area contributed by atoms with E-state index in [4.69, 9.17) is 0 Å². The Morgan fingerprint density at radius 2 is 2.35 bits per heavy atom. The third kappa shape index (κ3) is 3.17. The van der Waals surface area contributed by atoms with Crippen LogP contribution in [0.2, 0.25) is 0 Å². The van der Waals surface area contributed by atoms with Gasteiger partial charge in [-0.05, 0) is 19.1 Å². The minimum absolute atomic E-state index is 0.0414. The van der Waals surface area contributed by atoms with Gasteiger partial charge in [-0.2, -0.15) is 0 Å². The van der Waals surface area contributed by atoms with Crippen LogP contribution in [0, 0.1) is 6.92 Å². The van der Waals surface area contributed by atoms with E-state index >= 15 is 0 Å². The van der Waals surface area contributed by atoms with Crippen molar-refractivity contribution in [1.82, 2.24) is 15.3 Å². The van der Waals surface area contributed by atoms with Gasteiger partial charge in [0, 0.05) is 30.9 Å². The van der Waals surface area contributed by atoms with Gasteiger partial charge in [0.2, 0.25) is 0 Å². The second-order valence-electron chi connectivity index (χ2n) is 3.91. The summed E-state index contributed by atoms with van der Waals surface area (Å²) < 4.78 is 0. The molecule has 2 aromatic rings. The topological polar surface area (TPSA) is 57.8 Å². The zero-order valence-corrected chi connectivity index (χ0v) is 9.73. The van der Waals surface area contributed by atoms with Gasteiger partial charge < -0.3 is 10.3 Å². The van der Waals surface area contributed by atoms with Crippen molar-refractivity contribution in [2.24, 2.45) is 0 Å². The maximum absolute atomic E-state index is 11.8. The van der Waals surface area contributed by atoms with Crippen molar-refractivity contribution in [2.45, 2.75) is 13.3 Å². The van der Waals surface area contributed by atoms with Crippen molar-refractivity contribution < 1.29 is 4.79 Å². The molecule has 88 valence electrons. The quantitative estimate of drug-likeness (QED) is 0.838. The molecule has 1 heterocycles. The first-order valence-corrected chi connectivity index (χ1v) is 5.59. The minimum atomic E-state index is -0.0414. The minimum Gasteiger partial charge on any atom is -0.352 e. The van der Waals surface area contributed by atoms with E-state index in [9.17, 15) is 4.79 Å². The molecule has 0 aliphatic carbocycles. The highest BCUT2D eigenvalue weighted by Gasteiger charge is 2.04. The summed E-state index contributed by atoms with van der Waals surface area (Å²) in [5.74, 6) is 0.842. The third-order valence-electron chi connectivity index (χ3n) is 2.48. The molecule has 17 heavy (non-hydrogen) atoms. The number of benzene rings is 1. The number of aromatic nitrogens is 2. The molecule has 2 N–H and O–H groups in total. The molecule has 0 unspecified atom stereocenters. The van der Waals surface area contributed by atoms with Gasteiger partial charge in [-0.1, -0.05) is 17.7 Å². The molecule has 0 aliphatic heterocycles. The van der Waals surface area contributed by atoms with Crippen LogP contribution < -0.4 is 5.32 Å². The van der Waals surface area contributed by atoms with Crippen LogP contribution >= 0.6 is 0 Å². The Hall–Kier alpha value is -2.10. The fourth-order valence-corrected chi connectivity index (χ4v) is 1.62. The molecule has 1 amide bonds. The van der Waals surface area contributed by atoms with Gasteiger partial charge in [0.05, 0.1) is 0 Å². The Morgan fingerprint density at radius 1 is 1.47 bits per heavy atom. The molecule has 4 heteroatoms. The normalized spacial score (nSPS) is 10.2. The van der Waals surface area contributed by atoms with E-state index in [1.165, 1.54) is 0 Å². The first-order valence-electron chi connectivity index (χ1n) is 5.59. The number of hydrogen-bond acceptors (Lipinski definition) is 2. The van der Waals surface area contributed by atoms with E-state index in [0.29, 0.717) is 18.5 Å². The molecule has 0 saturated carbocycles. The molecule has 0 saturated heterocycles. The van der Waals surface area contributed by atoms with Crippen LogP contribution in [0.3, 0.4) is 0 Å². The SMILES string of the molecule is Cc1cccc(C(=O)NCCc2ncc[nH]2)c1. The number of nitrogens with one attached hydrogen (secondary N) is 2. The maximum atomic E-state index is 11.8. The molecule has 0 fully saturated rings. The third-order valence-corrected chi connectivity index (χ3v) is 2.48. The standard InChI is InChI=1S/C13H15N3O/c1-10-3-2-4-11(9-10)13(17)16-6-5-12-14-7-8-15-12/h2-4,7-9H,5-6H2,1H3,(H,14,15)(H,16,17). The number of nitrogens with zero attached hydrogens (tertiary/aromatic N) is 1. The van der Waals surface area contributed by atoms with E-state index in [1.54, 1.807) is 12.4 Å². The average Bonchev–Trinajstić information content (AvgIpc) is 2.82. The Kier molecular flexibility index (Phi) is 3.55. The lowest BCUT2D eigenvalue weighted by Gasteiger charge is -2.04. The molecule has 2 rings (SSSR count). The van der Waals surface area contributed by atoms with E-state index in [-0.39, 0.29) is 5.91 Å². The fraction of sp³-hybridized carbons (Fsp3) is 0.231. The number of aromatic amines is 1. The summed E-state index contributed by atoms with van der Waals surface area (Å²) in [6.45, 7) is 2.56. The molecule has 1 aromatic heterocycles. The number of H-pyrrole nitrogens is 1. The summed E-state index contributed by atoms with van der Waals surface area (Å²) in [7, 11) is 0. The zero-order valence-electron chi connectivity index (χ0n) is 9.73. The Morgan fingerprint density at radius 3 is 3.06 bits per heavy atom. The summed E-state index contributed by atoms with van der Waals surface area (Å²) in [6, 6.07) is 7.55. The van der Waals surface area contributed by atoms with Crippen molar-refractivity contribution in [3.05, 3.63) is 53.6 Å². The molecule has 4 nitrogen and oxygen atoms in total. The lowest BCUT2D eigenvalue weighted by Crippen LogP contribution is -2.25. The Balaban J connectivity index is 1.85. The zero-order chi connectivity index (χ0) is 12.1. The van der Waals surface area contributed by atoms with Crippen molar-refractivity contribution in [3.8, 4) is 0 Å². The van der Waals surface area contributed by atoms with Gasteiger partial charge in [-0.25, -0.2) is 4.98 Å². The summed E-state index contributed by atoms with van der Waals surface area (Å²) in [5, 5.41) is 2.87. The highest BCUT2D eigenvalue weighted by molar-refractivity contribution is 5.94. The van der Waals surface area contributed by atoms with Crippen LogP contribution in [-0.4, -0.2) is 22.4 Å². The van der Waals surface area contributed by atoms with Gasteiger partial charge in [-0.15, -0.1) is 0 Å². The molecule has 0 atom stereocenters. The van der Waals surface area contributed by atoms with Gasteiger partial charge in [0.1, 0.15) is 5.82 Å². The summed E-state index contributed by atoms with van der Waals surface area (Å²) >= 11 is 0. The number of amides is 1. The van der Waals surface area contributed by atoms with Gasteiger partial charge in [-0.3, -0.25) is 4.79 Å². The van der Waals surface area contributed by atoms with Crippen molar-refractivity contribution in [2.75, 3.05) is 6.54 Å². The Bertz CT molecular complexity index is 491. The monoisotopic (exact) mass is 229 g/mol. The predicted molar refractivity (Wildman–Crippen MR) is 65.8 cm³/mol. The van der Waals surface area contributed by atoms with Crippen LogP contribution in [0.5, 0.6) is 0 Å². The molecule has 0 spiro atoms. The predicted octanol–water partition coefficient (Wildman–Crippen LogP) is 1.69. The van der Waals surface area contributed by atoms with E-state index < -0.39 is 0 Å². The molecule has 0 bridgehead atoms. The van der Waals surface area contributed by atoms with Crippen LogP contribution in [0.1, 0.15) is 21.7 Å². The molecule has 1 aromatic carbocycles. The van der Waals surface area contributed by atoms with E-state index in [2.05, 4.69) is 15.3 Å². The first-order chi connectivity index (χ1) is 8.25. The largest absolute Gasteiger partial charge is 0.352 e. The highest BCUT2D eigenvalue weighted by Crippen LogP contribution is 2.03. The number of carbonyl (C=O) groups is 1. The van der Waals surface area contributed by atoms with E-state index in [0.717, 1.165) is 11.4 Å². The number of hydrogen-bond donors (Lipinski definition) is 2. The van der Waals surface area contributed by atoms with Crippen molar-refractivity contribution in [1.29, 1.82) is 0 Å². The first kappa shape index (κ1) is 11.4. The average molecular weight is 229 g/mol. The van der Waals surface area contributed by atoms with Gasteiger partial charge in [0.15, 0.2) is 0 Å². The lowest BCUT2D eigenvalue weighted by molar-refractivity contribution is 0.0954. The number of rotatable bonds is 4. The summed E-state index contributed by atoms with van der Waals surface area (Å²) in [6.07, 6.45) is 4.19. The molecule has 0 radical (unpaired) electrons. The van der Waals surface area contributed by atoms with E-state index in [1.807, 2.05) is 31.2 Å². The second-order valence-corrected chi connectivity index (χ2v) is 3.91. The van der Waals surface area contributed by atoms with Crippen molar-refractivity contribution >= 4 is 5.91 Å². The van der Waals surface area contributed by atoms with Gasteiger partial charge >= 0.3 is 0 Å². The molecular weight excluding hydrogens is 214 g/mol.